The molecule has 0 bridgehead atoms. The molecule has 0 unspecified atom stereocenters. The third-order valence-corrected chi connectivity index (χ3v) is 5.12. The van der Waals surface area contributed by atoms with Crippen LogP contribution in [0.4, 0.5) is 11.8 Å². The standard InChI is InChI=1S/C21H27N5O2/c1-25(15-17-5-3-2-4-6-17)21-23-18(20(27)22-14-16-7-8-16)13-19(24-21)26-9-11-28-12-10-26/h2-6,13,16H,7-12,14-15H2,1H3,(H,22,27). The molecule has 2 aliphatic rings. The number of amides is 1. The molecule has 28 heavy (non-hydrogen) atoms. The number of nitrogens with one attached hydrogen (secondary N) is 1. The van der Waals surface area contributed by atoms with Crippen LogP contribution >= 0.6 is 0 Å². The first-order chi connectivity index (χ1) is 13.7. The van der Waals surface area contributed by atoms with Crippen molar-refractivity contribution in [1.82, 2.24) is 15.3 Å². The lowest BCUT2D eigenvalue weighted by Crippen LogP contribution is -2.37. The molecule has 2 heterocycles. The van der Waals surface area contributed by atoms with Gasteiger partial charge in [0.1, 0.15) is 11.5 Å². The lowest BCUT2D eigenvalue weighted by atomic mass is 10.2. The van der Waals surface area contributed by atoms with E-state index in [1.165, 1.54) is 18.4 Å². The molecule has 2 aromatic rings. The van der Waals surface area contributed by atoms with Gasteiger partial charge >= 0.3 is 0 Å². The van der Waals surface area contributed by atoms with Gasteiger partial charge in [0.25, 0.3) is 5.91 Å². The van der Waals surface area contributed by atoms with Gasteiger partial charge in [0.05, 0.1) is 13.2 Å². The lowest BCUT2D eigenvalue weighted by Gasteiger charge is -2.29. The summed E-state index contributed by atoms with van der Waals surface area (Å²) in [5.41, 5.74) is 1.59. The van der Waals surface area contributed by atoms with Crippen LogP contribution in [0.3, 0.4) is 0 Å². The van der Waals surface area contributed by atoms with Gasteiger partial charge in [0.2, 0.25) is 5.95 Å². The number of carbonyl (C=O) groups is 1. The summed E-state index contributed by atoms with van der Waals surface area (Å²) in [5.74, 6) is 1.84. The zero-order valence-corrected chi connectivity index (χ0v) is 16.3. The lowest BCUT2D eigenvalue weighted by molar-refractivity contribution is 0.0946. The van der Waals surface area contributed by atoms with E-state index in [4.69, 9.17) is 9.72 Å². The van der Waals surface area contributed by atoms with Crippen LogP contribution in [-0.2, 0) is 11.3 Å². The van der Waals surface area contributed by atoms with Gasteiger partial charge in [-0.1, -0.05) is 30.3 Å². The van der Waals surface area contributed by atoms with Gasteiger partial charge < -0.3 is 19.9 Å². The maximum absolute atomic E-state index is 12.7. The number of carbonyl (C=O) groups excluding carboxylic acids is 1. The fourth-order valence-corrected chi connectivity index (χ4v) is 3.24. The summed E-state index contributed by atoms with van der Waals surface area (Å²) in [6.45, 7) is 4.27. The zero-order valence-electron chi connectivity index (χ0n) is 16.3. The number of morpholine rings is 1. The molecule has 2 fully saturated rings. The minimum absolute atomic E-state index is 0.127. The summed E-state index contributed by atoms with van der Waals surface area (Å²) in [4.78, 5) is 26.1. The highest BCUT2D eigenvalue weighted by Crippen LogP contribution is 2.27. The topological polar surface area (TPSA) is 70.6 Å². The molecule has 7 nitrogen and oxygen atoms in total. The van der Waals surface area contributed by atoms with Gasteiger partial charge in [-0.05, 0) is 24.3 Å². The number of anilines is 2. The Morgan fingerprint density at radius 1 is 1.21 bits per heavy atom. The summed E-state index contributed by atoms with van der Waals surface area (Å²) in [6.07, 6.45) is 2.41. The molecule has 4 rings (SSSR count). The fourth-order valence-electron chi connectivity index (χ4n) is 3.24. The largest absolute Gasteiger partial charge is 0.378 e. The number of rotatable bonds is 7. The van der Waals surface area contributed by atoms with Crippen molar-refractivity contribution < 1.29 is 9.53 Å². The molecule has 0 atom stereocenters. The molecule has 148 valence electrons. The molecule has 1 N–H and O–H groups in total. The smallest absolute Gasteiger partial charge is 0.270 e. The number of benzene rings is 1. The second-order valence-corrected chi connectivity index (χ2v) is 7.51. The molecule has 0 spiro atoms. The van der Waals surface area contributed by atoms with Crippen molar-refractivity contribution in [2.24, 2.45) is 5.92 Å². The first-order valence-corrected chi connectivity index (χ1v) is 9.94. The number of ether oxygens (including phenoxy) is 1. The van der Waals surface area contributed by atoms with Gasteiger partial charge in [0, 0.05) is 39.3 Å². The summed E-state index contributed by atoms with van der Waals surface area (Å²) in [5, 5.41) is 3.02. The maximum Gasteiger partial charge on any atom is 0.270 e. The minimum atomic E-state index is -0.127. The molecule has 1 saturated heterocycles. The van der Waals surface area contributed by atoms with Crippen molar-refractivity contribution in [3.63, 3.8) is 0 Å². The fraction of sp³-hybridized carbons (Fsp3) is 0.476. The van der Waals surface area contributed by atoms with Crippen LogP contribution in [0.15, 0.2) is 36.4 Å². The van der Waals surface area contributed by atoms with E-state index in [9.17, 15) is 4.79 Å². The summed E-state index contributed by atoms with van der Waals surface area (Å²) >= 11 is 0. The Bertz CT molecular complexity index is 804. The van der Waals surface area contributed by atoms with Crippen LogP contribution in [0.25, 0.3) is 0 Å². The van der Waals surface area contributed by atoms with E-state index in [1.54, 1.807) is 6.07 Å². The first-order valence-electron chi connectivity index (χ1n) is 9.94. The van der Waals surface area contributed by atoms with Crippen LogP contribution in [0.5, 0.6) is 0 Å². The molecule has 1 amide bonds. The van der Waals surface area contributed by atoms with Gasteiger partial charge in [-0.2, -0.15) is 4.98 Å². The Labute approximate surface area is 165 Å². The van der Waals surface area contributed by atoms with Crippen molar-refractivity contribution in [2.75, 3.05) is 49.7 Å². The van der Waals surface area contributed by atoms with Crippen molar-refractivity contribution >= 4 is 17.7 Å². The van der Waals surface area contributed by atoms with E-state index >= 15 is 0 Å². The monoisotopic (exact) mass is 381 g/mol. The van der Waals surface area contributed by atoms with Crippen molar-refractivity contribution in [3.05, 3.63) is 47.7 Å². The Morgan fingerprint density at radius 2 is 1.96 bits per heavy atom. The quantitative estimate of drug-likeness (QED) is 0.792. The highest BCUT2D eigenvalue weighted by atomic mass is 16.5. The molecule has 1 aromatic carbocycles. The summed E-state index contributed by atoms with van der Waals surface area (Å²) < 4.78 is 5.45. The highest BCUT2D eigenvalue weighted by molar-refractivity contribution is 5.93. The minimum Gasteiger partial charge on any atom is -0.378 e. The molecule has 1 aliphatic carbocycles. The van der Waals surface area contributed by atoms with E-state index in [0.717, 1.165) is 25.5 Å². The number of hydrogen-bond acceptors (Lipinski definition) is 6. The van der Waals surface area contributed by atoms with Crippen LogP contribution in [0, 0.1) is 5.92 Å². The first kappa shape index (κ1) is 18.7. The van der Waals surface area contributed by atoms with Crippen LogP contribution < -0.4 is 15.1 Å². The Balaban J connectivity index is 1.57. The van der Waals surface area contributed by atoms with E-state index in [1.807, 2.05) is 30.1 Å². The molecular weight excluding hydrogens is 354 g/mol. The zero-order chi connectivity index (χ0) is 19.3. The number of hydrogen-bond donors (Lipinski definition) is 1. The van der Waals surface area contributed by atoms with Gasteiger partial charge in [-0.3, -0.25) is 4.79 Å². The van der Waals surface area contributed by atoms with E-state index in [0.29, 0.717) is 37.3 Å². The molecule has 7 heteroatoms. The van der Waals surface area contributed by atoms with E-state index in [-0.39, 0.29) is 5.91 Å². The van der Waals surface area contributed by atoms with Crippen molar-refractivity contribution in [2.45, 2.75) is 19.4 Å². The SMILES string of the molecule is CN(Cc1ccccc1)c1nc(C(=O)NCC2CC2)cc(N2CCOCC2)n1. The van der Waals surface area contributed by atoms with Gasteiger partial charge in [-0.25, -0.2) is 4.98 Å². The summed E-state index contributed by atoms with van der Waals surface area (Å²) in [7, 11) is 1.96. The summed E-state index contributed by atoms with van der Waals surface area (Å²) in [6, 6.07) is 12.0. The third kappa shape index (κ3) is 4.78. The second kappa shape index (κ2) is 8.56. The third-order valence-electron chi connectivity index (χ3n) is 5.12. The average molecular weight is 381 g/mol. The molecular formula is C21H27N5O2. The Morgan fingerprint density at radius 3 is 2.68 bits per heavy atom. The van der Waals surface area contributed by atoms with Crippen molar-refractivity contribution in [1.29, 1.82) is 0 Å². The molecule has 1 aromatic heterocycles. The van der Waals surface area contributed by atoms with Crippen LogP contribution in [-0.4, -0.2) is 55.8 Å². The number of nitrogens with zero attached hydrogens (tertiary/aromatic N) is 4. The Hall–Kier alpha value is -2.67. The number of aromatic nitrogens is 2. The Kier molecular flexibility index (Phi) is 5.71. The highest BCUT2D eigenvalue weighted by Gasteiger charge is 2.23. The van der Waals surface area contributed by atoms with E-state index in [2.05, 4.69) is 27.3 Å². The predicted molar refractivity (Wildman–Crippen MR) is 109 cm³/mol. The van der Waals surface area contributed by atoms with Gasteiger partial charge in [0.15, 0.2) is 0 Å². The maximum atomic E-state index is 12.7. The van der Waals surface area contributed by atoms with Gasteiger partial charge in [-0.15, -0.1) is 0 Å². The van der Waals surface area contributed by atoms with Crippen LogP contribution in [0.2, 0.25) is 0 Å². The van der Waals surface area contributed by atoms with Crippen molar-refractivity contribution in [3.8, 4) is 0 Å². The normalized spacial score (nSPS) is 16.7. The van der Waals surface area contributed by atoms with E-state index < -0.39 is 0 Å². The average Bonchev–Trinajstić information content (AvgIpc) is 3.57. The predicted octanol–water partition coefficient (Wildman–Crippen LogP) is 2.09. The molecule has 0 radical (unpaired) electrons. The van der Waals surface area contributed by atoms with Crippen LogP contribution in [0.1, 0.15) is 28.9 Å². The molecule has 1 saturated carbocycles. The molecule has 1 aliphatic heterocycles. The second-order valence-electron chi connectivity index (χ2n) is 7.51.